The molecule has 2 radical (unpaired) electrons. The molecule has 0 aliphatic rings. The predicted molar refractivity (Wildman–Crippen MR) is 114 cm³/mol. The van der Waals surface area contributed by atoms with Crippen molar-refractivity contribution in [3.8, 4) is 0 Å². The first-order chi connectivity index (χ1) is 16.9. The third-order valence-electron chi connectivity index (χ3n) is 3.72. The molecule has 15 nitrogen and oxygen atoms in total. The molecule has 17 heteroatoms. The van der Waals surface area contributed by atoms with E-state index in [-0.39, 0.29) is 115 Å². The molecular formula is C21H15Eu2N3O12. The molecule has 3 rings (SSSR count). The van der Waals surface area contributed by atoms with E-state index in [4.69, 9.17) is 30.6 Å². The van der Waals surface area contributed by atoms with Crippen LogP contribution in [-0.4, -0.2) is 81.4 Å². The first-order valence-electron chi connectivity index (χ1n) is 9.13. The third kappa shape index (κ3) is 11.9. The van der Waals surface area contributed by atoms with E-state index in [1.54, 1.807) is 0 Å². The Morgan fingerprint density at radius 3 is 0.763 bits per heavy atom. The number of hydrogen-bond donors (Lipinski definition) is 6. The van der Waals surface area contributed by atoms with Crippen molar-refractivity contribution in [2.24, 2.45) is 0 Å². The van der Waals surface area contributed by atoms with Gasteiger partial charge in [-0.2, -0.15) is 0 Å². The standard InChI is InChI=1S/3C7H5NO4.2Eu/c3*9-6(10)4-2-1-3-8-5(4)7(11)12;;/h3*1-3H,(H,9,10)(H,11,12);;. The SMILES string of the molecule is O=C(O)c1cccnc1C(=O)O.O=C(O)c1cccnc1C(=O)O.O=C(O)c1cccnc1C(=O)O.[Eu].[Eu]. The molecule has 0 fully saturated rings. The van der Waals surface area contributed by atoms with Crippen LogP contribution in [0.5, 0.6) is 0 Å². The molecule has 0 aliphatic carbocycles. The minimum Gasteiger partial charge on any atom is -0.478 e. The Labute approximate surface area is 293 Å². The zero-order valence-electron chi connectivity index (χ0n) is 18.4. The average molecular weight is 805 g/mol. The maximum absolute atomic E-state index is 10.4. The van der Waals surface area contributed by atoms with Crippen LogP contribution in [0.15, 0.2) is 55.0 Å². The van der Waals surface area contributed by atoms with Crippen LogP contribution in [0.25, 0.3) is 0 Å². The Balaban J connectivity index is 0. The number of aromatic nitrogens is 3. The fourth-order valence-corrected chi connectivity index (χ4v) is 2.24. The van der Waals surface area contributed by atoms with Gasteiger partial charge in [-0.05, 0) is 36.4 Å². The molecule has 38 heavy (non-hydrogen) atoms. The van der Waals surface area contributed by atoms with Crippen molar-refractivity contribution in [3.05, 3.63) is 88.8 Å². The van der Waals surface area contributed by atoms with Crippen LogP contribution in [0.3, 0.4) is 0 Å². The number of nitrogens with zero attached hydrogens (tertiary/aromatic N) is 3. The normalized spacial score (nSPS) is 8.84. The van der Waals surface area contributed by atoms with Crippen molar-refractivity contribution < 1.29 is 158 Å². The monoisotopic (exact) mass is 807 g/mol. The molecule has 0 aromatic carbocycles. The van der Waals surface area contributed by atoms with Crippen LogP contribution in [0.4, 0.5) is 0 Å². The summed E-state index contributed by atoms with van der Waals surface area (Å²) < 4.78 is 0. The number of carbonyl (C=O) groups is 6. The maximum Gasteiger partial charge on any atom is 0.355 e. The summed E-state index contributed by atoms with van der Waals surface area (Å²) in [5, 5.41) is 51.0. The molecule has 0 saturated heterocycles. The molecule has 3 aromatic rings. The van der Waals surface area contributed by atoms with E-state index in [1.165, 1.54) is 55.0 Å². The van der Waals surface area contributed by atoms with Gasteiger partial charge in [-0.3, -0.25) is 0 Å². The second kappa shape index (κ2) is 18.7. The Hall–Kier alpha value is -2.56. The Kier molecular flexibility index (Phi) is 18.4. The van der Waals surface area contributed by atoms with Crippen molar-refractivity contribution in [2.75, 3.05) is 0 Å². The molecule has 0 spiro atoms. The predicted octanol–water partition coefficient (Wildman–Crippen LogP) is 1.43. The van der Waals surface area contributed by atoms with Gasteiger partial charge in [0, 0.05) is 117 Å². The largest absolute Gasteiger partial charge is 0.478 e. The number of aromatic carboxylic acids is 6. The molecule has 0 saturated carbocycles. The molecule has 3 heterocycles. The van der Waals surface area contributed by atoms with E-state index in [1.807, 2.05) is 0 Å². The van der Waals surface area contributed by atoms with E-state index >= 15 is 0 Å². The van der Waals surface area contributed by atoms with Crippen molar-refractivity contribution in [3.63, 3.8) is 0 Å². The minimum atomic E-state index is -1.34. The van der Waals surface area contributed by atoms with Crippen LogP contribution in [0.1, 0.15) is 62.5 Å². The fourth-order valence-electron chi connectivity index (χ4n) is 2.24. The van der Waals surface area contributed by atoms with Gasteiger partial charge in [-0.15, -0.1) is 0 Å². The summed E-state index contributed by atoms with van der Waals surface area (Å²) >= 11 is 0. The third-order valence-corrected chi connectivity index (χ3v) is 3.72. The summed E-state index contributed by atoms with van der Waals surface area (Å²) in [6, 6.07) is 7.69. The first-order valence-corrected chi connectivity index (χ1v) is 9.13. The summed E-state index contributed by atoms with van der Waals surface area (Å²) in [6.45, 7) is 0. The average Bonchev–Trinajstić information content (AvgIpc) is 2.84. The summed E-state index contributed by atoms with van der Waals surface area (Å²) in [7, 11) is 0. The summed E-state index contributed by atoms with van der Waals surface area (Å²) in [5.41, 5.74) is -2.22. The summed E-state index contributed by atoms with van der Waals surface area (Å²) in [6.07, 6.45) is 3.70. The Morgan fingerprint density at radius 1 is 0.421 bits per heavy atom. The van der Waals surface area contributed by atoms with Gasteiger partial charge in [0.25, 0.3) is 0 Å². The summed E-state index contributed by atoms with van der Waals surface area (Å²) in [4.78, 5) is 72.7. The molecule has 6 N–H and O–H groups in total. The molecule has 0 bridgehead atoms. The quantitative estimate of drug-likeness (QED) is 0.206. The van der Waals surface area contributed by atoms with Crippen molar-refractivity contribution in [1.82, 2.24) is 15.0 Å². The van der Waals surface area contributed by atoms with Gasteiger partial charge >= 0.3 is 35.8 Å². The maximum atomic E-state index is 10.4. The number of pyridine rings is 3. The van der Waals surface area contributed by atoms with Crippen LogP contribution in [-0.2, 0) is 0 Å². The van der Waals surface area contributed by atoms with Crippen LogP contribution < -0.4 is 0 Å². The van der Waals surface area contributed by atoms with E-state index in [0.29, 0.717) is 0 Å². The van der Waals surface area contributed by atoms with E-state index < -0.39 is 52.9 Å². The van der Waals surface area contributed by atoms with Gasteiger partial charge in [0.2, 0.25) is 0 Å². The van der Waals surface area contributed by atoms with E-state index in [0.717, 1.165) is 0 Å². The van der Waals surface area contributed by atoms with Crippen molar-refractivity contribution in [1.29, 1.82) is 0 Å². The summed E-state index contributed by atoms with van der Waals surface area (Å²) in [5.74, 6) is -7.89. The zero-order chi connectivity index (χ0) is 27.4. The van der Waals surface area contributed by atoms with Gasteiger partial charge in [0.1, 0.15) is 0 Å². The molecular weight excluding hydrogens is 790 g/mol. The minimum absolute atomic E-state index is 0. The second-order valence-electron chi connectivity index (χ2n) is 6.03. The Morgan fingerprint density at radius 2 is 0.632 bits per heavy atom. The second-order valence-corrected chi connectivity index (χ2v) is 6.03. The molecule has 0 atom stereocenters. The van der Waals surface area contributed by atoms with Crippen LogP contribution in [0, 0.1) is 98.8 Å². The van der Waals surface area contributed by atoms with Gasteiger partial charge in [0.15, 0.2) is 17.1 Å². The number of rotatable bonds is 6. The fraction of sp³-hybridized carbons (Fsp3) is 0. The topological polar surface area (TPSA) is 262 Å². The zero-order valence-corrected chi connectivity index (χ0v) is 23.3. The molecule has 200 valence electrons. The van der Waals surface area contributed by atoms with Gasteiger partial charge < -0.3 is 30.6 Å². The molecule has 0 amide bonds. The molecule has 0 aliphatic heterocycles. The van der Waals surface area contributed by atoms with Gasteiger partial charge in [-0.25, -0.2) is 43.7 Å². The van der Waals surface area contributed by atoms with Crippen molar-refractivity contribution in [2.45, 2.75) is 0 Å². The smallest absolute Gasteiger partial charge is 0.355 e. The number of hydrogen-bond acceptors (Lipinski definition) is 9. The van der Waals surface area contributed by atoms with E-state index in [2.05, 4.69) is 15.0 Å². The Bertz CT molecular complexity index is 1070. The van der Waals surface area contributed by atoms with Gasteiger partial charge in [0.05, 0.1) is 16.7 Å². The molecule has 0 unspecified atom stereocenters. The number of carboxylic acids is 6. The first kappa shape index (κ1) is 37.6. The van der Waals surface area contributed by atoms with Crippen molar-refractivity contribution >= 4 is 35.8 Å². The van der Waals surface area contributed by atoms with Crippen LogP contribution in [0.2, 0.25) is 0 Å². The molecule has 3 aromatic heterocycles. The van der Waals surface area contributed by atoms with E-state index in [9.17, 15) is 28.8 Å². The number of carboxylic acid groups (broad SMARTS) is 6. The van der Waals surface area contributed by atoms with Gasteiger partial charge in [-0.1, -0.05) is 0 Å². The van der Waals surface area contributed by atoms with Crippen LogP contribution >= 0.6 is 0 Å².